The van der Waals surface area contributed by atoms with Crippen LogP contribution in [0, 0.1) is 0 Å². The molecule has 4 rings (SSSR count). The molecule has 0 amide bonds. The summed E-state index contributed by atoms with van der Waals surface area (Å²) in [6.07, 6.45) is 0. The second-order valence-electron chi connectivity index (χ2n) is 4.51. The van der Waals surface area contributed by atoms with Crippen molar-refractivity contribution in [3.05, 3.63) is 54.6 Å². The van der Waals surface area contributed by atoms with Crippen molar-refractivity contribution in [1.29, 1.82) is 0 Å². The van der Waals surface area contributed by atoms with Crippen LogP contribution in [-0.4, -0.2) is 15.1 Å². The van der Waals surface area contributed by atoms with E-state index in [2.05, 4.69) is 9.97 Å². The third-order valence-corrected chi connectivity index (χ3v) is 3.21. The van der Waals surface area contributed by atoms with Gasteiger partial charge >= 0.3 is 0 Å². The Balaban J connectivity index is 2.05. The second-order valence-corrected chi connectivity index (χ2v) is 4.51. The van der Waals surface area contributed by atoms with Crippen LogP contribution in [0.1, 0.15) is 0 Å². The minimum atomic E-state index is 0.0319. The maximum Gasteiger partial charge on any atom is 0.250 e. The van der Waals surface area contributed by atoms with Gasteiger partial charge in [0.15, 0.2) is 17.0 Å². The summed E-state index contributed by atoms with van der Waals surface area (Å²) in [5.74, 6) is 0.431. The summed E-state index contributed by atoms with van der Waals surface area (Å²) in [5.41, 5.74) is 3.01. The minimum absolute atomic E-state index is 0.0319. The van der Waals surface area contributed by atoms with Gasteiger partial charge in [0.2, 0.25) is 5.71 Å². The molecule has 0 saturated carbocycles. The highest BCUT2D eigenvalue weighted by Gasteiger charge is 2.17. The van der Waals surface area contributed by atoms with Crippen molar-refractivity contribution >= 4 is 22.3 Å². The molecule has 0 spiro atoms. The SMILES string of the molecule is Oc1c(-c2ccccc2)oc2nc3ccccc3nc12. The first-order valence-electron chi connectivity index (χ1n) is 6.26. The first-order valence-corrected chi connectivity index (χ1v) is 6.26. The summed E-state index contributed by atoms with van der Waals surface area (Å²) in [6, 6.07) is 16.9. The Kier molecular flexibility index (Phi) is 2.23. The van der Waals surface area contributed by atoms with Crippen LogP contribution in [-0.2, 0) is 0 Å². The fourth-order valence-corrected chi connectivity index (χ4v) is 2.25. The van der Waals surface area contributed by atoms with E-state index in [4.69, 9.17) is 4.42 Å². The second kappa shape index (κ2) is 4.06. The van der Waals surface area contributed by atoms with Gasteiger partial charge in [0.25, 0.3) is 0 Å². The van der Waals surface area contributed by atoms with Gasteiger partial charge < -0.3 is 9.52 Å². The molecule has 4 nitrogen and oxygen atoms in total. The molecule has 0 atom stereocenters. The van der Waals surface area contributed by atoms with Gasteiger partial charge in [0.05, 0.1) is 11.0 Å². The molecule has 0 unspecified atom stereocenters. The van der Waals surface area contributed by atoms with E-state index < -0.39 is 0 Å². The molecule has 0 bridgehead atoms. The van der Waals surface area contributed by atoms with E-state index in [0.717, 1.165) is 16.6 Å². The minimum Gasteiger partial charge on any atom is -0.503 e. The molecule has 96 valence electrons. The molecule has 20 heavy (non-hydrogen) atoms. The van der Waals surface area contributed by atoms with Gasteiger partial charge in [-0.2, -0.15) is 0 Å². The van der Waals surface area contributed by atoms with E-state index in [1.54, 1.807) is 0 Å². The Morgan fingerprint density at radius 2 is 1.45 bits per heavy atom. The van der Waals surface area contributed by atoms with Gasteiger partial charge in [0, 0.05) is 5.56 Å². The summed E-state index contributed by atoms with van der Waals surface area (Å²) < 4.78 is 5.67. The largest absolute Gasteiger partial charge is 0.503 e. The zero-order chi connectivity index (χ0) is 13.5. The van der Waals surface area contributed by atoms with Crippen LogP contribution in [0.3, 0.4) is 0 Å². The predicted molar refractivity (Wildman–Crippen MR) is 76.4 cm³/mol. The molecule has 0 saturated heterocycles. The molecule has 0 aliphatic rings. The average molecular weight is 262 g/mol. The van der Waals surface area contributed by atoms with Crippen LogP contribution >= 0.6 is 0 Å². The normalized spacial score (nSPS) is 11.2. The zero-order valence-electron chi connectivity index (χ0n) is 10.4. The maximum absolute atomic E-state index is 10.3. The lowest BCUT2D eigenvalue weighted by molar-refractivity contribution is 0.469. The summed E-state index contributed by atoms with van der Waals surface area (Å²) in [4.78, 5) is 8.81. The molecule has 2 aromatic carbocycles. The highest BCUT2D eigenvalue weighted by atomic mass is 16.4. The van der Waals surface area contributed by atoms with E-state index >= 15 is 0 Å². The number of benzene rings is 2. The maximum atomic E-state index is 10.3. The van der Waals surface area contributed by atoms with Crippen molar-refractivity contribution in [2.45, 2.75) is 0 Å². The summed E-state index contributed by atoms with van der Waals surface area (Å²) in [7, 11) is 0. The highest BCUT2D eigenvalue weighted by Crippen LogP contribution is 2.37. The van der Waals surface area contributed by atoms with Gasteiger partial charge in [-0.3, -0.25) is 0 Å². The lowest BCUT2D eigenvalue weighted by Crippen LogP contribution is -1.83. The standard InChI is InChI=1S/C16H10N2O2/c19-14-13-16(18-12-9-5-4-8-11(12)17-13)20-15(14)10-6-2-1-3-7-10/h1-9,19H. The Hall–Kier alpha value is -2.88. The first-order chi connectivity index (χ1) is 9.83. The molecule has 2 heterocycles. The monoisotopic (exact) mass is 262 g/mol. The number of aromatic nitrogens is 2. The number of para-hydroxylation sites is 2. The number of nitrogens with zero attached hydrogens (tertiary/aromatic N) is 2. The van der Waals surface area contributed by atoms with Crippen LogP contribution in [0.2, 0.25) is 0 Å². The van der Waals surface area contributed by atoms with Crippen LogP contribution in [0.4, 0.5) is 0 Å². The van der Waals surface area contributed by atoms with Gasteiger partial charge in [-0.1, -0.05) is 42.5 Å². The van der Waals surface area contributed by atoms with E-state index in [1.807, 2.05) is 54.6 Å². The molecule has 0 radical (unpaired) electrons. The number of hydrogen-bond donors (Lipinski definition) is 1. The third-order valence-electron chi connectivity index (χ3n) is 3.21. The molecule has 0 fully saturated rings. The average Bonchev–Trinajstić information content (AvgIpc) is 2.83. The predicted octanol–water partition coefficient (Wildman–Crippen LogP) is 3.75. The van der Waals surface area contributed by atoms with E-state index in [0.29, 0.717) is 17.0 Å². The Labute approximate surface area is 114 Å². The lowest BCUT2D eigenvalue weighted by atomic mass is 10.1. The first kappa shape index (κ1) is 11.0. The number of rotatable bonds is 1. The number of hydrogen-bond acceptors (Lipinski definition) is 4. The van der Waals surface area contributed by atoms with E-state index in [9.17, 15) is 5.11 Å². The fourth-order valence-electron chi connectivity index (χ4n) is 2.25. The van der Waals surface area contributed by atoms with Gasteiger partial charge in [0.1, 0.15) is 0 Å². The summed E-state index contributed by atoms with van der Waals surface area (Å²) in [6.45, 7) is 0. The topological polar surface area (TPSA) is 59.2 Å². The quantitative estimate of drug-likeness (QED) is 0.567. The van der Waals surface area contributed by atoms with Crippen molar-refractivity contribution in [1.82, 2.24) is 9.97 Å². The molecule has 2 aromatic heterocycles. The summed E-state index contributed by atoms with van der Waals surface area (Å²) >= 11 is 0. The fraction of sp³-hybridized carbons (Fsp3) is 0. The van der Waals surface area contributed by atoms with Crippen molar-refractivity contribution in [2.75, 3.05) is 0 Å². The Bertz CT molecular complexity index is 914. The number of furan rings is 1. The van der Waals surface area contributed by atoms with Crippen molar-refractivity contribution in [3.8, 4) is 17.1 Å². The Morgan fingerprint density at radius 3 is 2.20 bits per heavy atom. The highest BCUT2D eigenvalue weighted by molar-refractivity contribution is 5.91. The molecular formula is C16H10N2O2. The van der Waals surface area contributed by atoms with E-state index in [-0.39, 0.29) is 5.75 Å². The van der Waals surface area contributed by atoms with Crippen molar-refractivity contribution < 1.29 is 9.52 Å². The van der Waals surface area contributed by atoms with Gasteiger partial charge in [-0.15, -0.1) is 0 Å². The number of fused-ring (bicyclic) bond motifs is 2. The Morgan fingerprint density at radius 1 is 0.800 bits per heavy atom. The van der Waals surface area contributed by atoms with E-state index in [1.165, 1.54) is 0 Å². The van der Waals surface area contributed by atoms with Gasteiger partial charge in [-0.25, -0.2) is 9.97 Å². The number of aromatic hydroxyl groups is 1. The molecular weight excluding hydrogens is 252 g/mol. The van der Waals surface area contributed by atoms with Crippen molar-refractivity contribution in [2.24, 2.45) is 0 Å². The van der Waals surface area contributed by atoms with Gasteiger partial charge in [-0.05, 0) is 12.1 Å². The zero-order valence-corrected chi connectivity index (χ0v) is 10.4. The summed E-state index contributed by atoms with van der Waals surface area (Å²) in [5, 5.41) is 10.3. The molecule has 4 heteroatoms. The molecule has 0 aliphatic heterocycles. The molecule has 4 aromatic rings. The molecule has 1 N–H and O–H groups in total. The van der Waals surface area contributed by atoms with Crippen LogP contribution in [0.5, 0.6) is 5.75 Å². The van der Waals surface area contributed by atoms with Crippen molar-refractivity contribution in [3.63, 3.8) is 0 Å². The van der Waals surface area contributed by atoms with Crippen LogP contribution in [0.15, 0.2) is 59.0 Å². The smallest absolute Gasteiger partial charge is 0.250 e. The lowest BCUT2D eigenvalue weighted by Gasteiger charge is -1.95. The third kappa shape index (κ3) is 1.55. The van der Waals surface area contributed by atoms with Crippen LogP contribution in [0.25, 0.3) is 33.6 Å². The van der Waals surface area contributed by atoms with Crippen LogP contribution < -0.4 is 0 Å². The molecule has 0 aliphatic carbocycles.